The van der Waals surface area contributed by atoms with E-state index in [-0.39, 0.29) is 28.7 Å². The second-order valence-corrected chi connectivity index (χ2v) is 11.4. The molecule has 7 heteroatoms. The Kier molecular flexibility index (Phi) is 4.65. The Morgan fingerprint density at radius 1 is 1.08 bits per heavy atom. The van der Waals surface area contributed by atoms with Crippen molar-refractivity contribution >= 4 is 34.2 Å². The van der Waals surface area contributed by atoms with E-state index in [1.807, 2.05) is 36.6 Å². The summed E-state index contributed by atoms with van der Waals surface area (Å²) in [7, 11) is 0. The maximum atomic E-state index is 13.8. The molecule has 3 atom stereocenters. The number of carbonyl (C=O) groups excluding carboxylic acids is 1. The third kappa shape index (κ3) is 3.19. The second-order valence-electron chi connectivity index (χ2n) is 11.4. The molecule has 1 fully saturated rings. The molecule has 186 valence electrons. The van der Waals surface area contributed by atoms with Crippen molar-refractivity contribution in [3.63, 3.8) is 0 Å². The van der Waals surface area contributed by atoms with Crippen LogP contribution in [0.4, 0.5) is 0 Å². The van der Waals surface area contributed by atoms with Crippen molar-refractivity contribution in [3.8, 4) is 0 Å². The van der Waals surface area contributed by atoms with Gasteiger partial charge in [0.2, 0.25) is 0 Å². The molecule has 7 rings (SSSR count). The highest BCUT2D eigenvalue weighted by Gasteiger charge is 2.57. The quantitative estimate of drug-likeness (QED) is 0.392. The molecule has 2 bridgehead atoms. The van der Waals surface area contributed by atoms with Crippen molar-refractivity contribution < 1.29 is 4.79 Å². The number of piperidine rings is 1. The van der Waals surface area contributed by atoms with Gasteiger partial charge in [-0.2, -0.15) is 0 Å². The Bertz CT molecular complexity index is 1640. The van der Waals surface area contributed by atoms with E-state index in [2.05, 4.69) is 63.8 Å². The van der Waals surface area contributed by atoms with Crippen LogP contribution in [0.1, 0.15) is 60.4 Å². The zero-order chi connectivity index (χ0) is 25.4. The number of aliphatic imine (C=N–C) groups is 1. The number of allylic oxidation sites excluding steroid dienone is 3. The number of hydrogen-bond donors (Lipinski definition) is 2. The lowest BCUT2D eigenvalue weighted by molar-refractivity contribution is -0.0261. The molecule has 1 unspecified atom stereocenters. The van der Waals surface area contributed by atoms with Crippen LogP contribution in [-0.2, 0) is 11.8 Å². The topological polar surface area (TPSA) is 90.0 Å². The van der Waals surface area contributed by atoms with E-state index in [9.17, 15) is 4.79 Å². The van der Waals surface area contributed by atoms with Gasteiger partial charge < -0.3 is 14.9 Å². The largest absolute Gasteiger partial charge is 0.345 e. The highest BCUT2D eigenvalue weighted by atomic mass is 16.2. The van der Waals surface area contributed by atoms with Crippen LogP contribution in [0.25, 0.3) is 22.1 Å². The first-order chi connectivity index (χ1) is 17.8. The van der Waals surface area contributed by atoms with E-state index in [0.29, 0.717) is 5.56 Å². The van der Waals surface area contributed by atoms with Crippen LogP contribution in [0, 0.1) is 5.41 Å². The average molecular weight is 491 g/mol. The minimum Gasteiger partial charge on any atom is -0.345 e. The van der Waals surface area contributed by atoms with Gasteiger partial charge in [-0.1, -0.05) is 32.9 Å². The number of likely N-dealkylation sites (tertiary alicyclic amines) is 1. The summed E-state index contributed by atoms with van der Waals surface area (Å²) in [6, 6.07) is 10.4. The molecule has 1 saturated heterocycles. The Labute approximate surface area is 215 Å². The van der Waals surface area contributed by atoms with Crippen molar-refractivity contribution in [1.82, 2.24) is 24.8 Å². The zero-order valence-electron chi connectivity index (χ0n) is 21.3. The number of benzene rings is 2. The minimum atomic E-state index is -0.0961. The van der Waals surface area contributed by atoms with E-state index >= 15 is 0 Å². The third-order valence-corrected chi connectivity index (χ3v) is 9.31. The molecule has 2 aliphatic heterocycles. The molecular formula is C30H30N6O. The number of aromatic amines is 2. The molecule has 4 heterocycles. The van der Waals surface area contributed by atoms with Gasteiger partial charge in [0.25, 0.3) is 5.91 Å². The molecule has 0 spiro atoms. The Morgan fingerprint density at radius 2 is 1.97 bits per heavy atom. The number of imidazole rings is 2. The van der Waals surface area contributed by atoms with Crippen molar-refractivity contribution in [2.75, 3.05) is 6.54 Å². The van der Waals surface area contributed by atoms with Gasteiger partial charge in [0, 0.05) is 36.0 Å². The molecule has 7 nitrogen and oxygen atoms in total. The van der Waals surface area contributed by atoms with Crippen LogP contribution in [-0.4, -0.2) is 49.5 Å². The Morgan fingerprint density at radius 3 is 2.86 bits per heavy atom. The molecular weight excluding hydrogens is 460 g/mol. The molecule has 0 radical (unpaired) electrons. The number of H-pyrrole nitrogens is 2. The molecule has 1 aliphatic carbocycles. The lowest BCUT2D eigenvalue weighted by Gasteiger charge is -2.60. The predicted molar refractivity (Wildman–Crippen MR) is 146 cm³/mol. The highest BCUT2D eigenvalue weighted by Crippen LogP contribution is 2.56. The van der Waals surface area contributed by atoms with Crippen molar-refractivity contribution in [2.45, 2.75) is 51.0 Å². The fourth-order valence-electron chi connectivity index (χ4n) is 6.71. The van der Waals surface area contributed by atoms with E-state index in [1.54, 1.807) is 12.5 Å². The monoisotopic (exact) mass is 490 g/mol. The first kappa shape index (κ1) is 22.2. The van der Waals surface area contributed by atoms with E-state index < -0.39 is 0 Å². The predicted octanol–water partition coefficient (Wildman–Crippen LogP) is 5.43. The van der Waals surface area contributed by atoms with E-state index in [0.717, 1.165) is 47.3 Å². The number of carbonyl (C=O) groups is 1. The van der Waals surface area contributed by atoms with Gasteiger partial charge in [-0.05, 0) is 65.8 Å². The summed E-state index contributed by atoms with van der Waals surface area (Å²) in [5, 5.41) is 0. The van der Waals surface area contributed by atoms with Crippen LogP contribution in [0.15, 0.2) is 66.1 Å². The lowest BCUT2D eigenvalue weighted by atomic mass is 9.51. The summed E-state index contributed by atoms with van der Waals surface area (Å²) >= 11 is 0. The molecule has 37 heavy (non-hydrogen) atoms. The molecule has 2 aromatic heterocycles. The SMILES string of the molecule is CC1(C)[C@H]2Cc3cc4[nH]c(C5C=CC=CN=C5)nc4cc3[C@]1(C)CCN2C(=O)c1ccc2nc[nH]c2c1. The van der Waals surface area contributed by atoms with Gasteiger partial charge >= 0.3 is 0 Å². The normalized spacial score (nSPS) is 26.0. The number of nitrogens with zero attached hydrogens (tertiary/aromatic N) is 4. The molecule has 3 aliphatic rings. The number of nitrogens with one attached hydrogen (secondary N) is 2. The first-order valence-corrected chi connectivity index (χ1v) is 13.0. The van der Waals surface area contributed by atoms with Crippen LogP contribution in [0.5, 0.6) is 0 Å². The van der Waals surface area contributed by atoms with Crippen LogP contribution in [0.2, 0.25) is 0 Å². The van der Waals surface area contributed by atoms with Gasteiger partial charge in [-0.25, -0.2) is 9.97 Å². The highest BCUT2D eigenvalue weighted by molar-refractivity contribution is 5.97. The van der Waals surface area contributed by atoms with Gasteiger partial charge in [0.05, 0.1) is 34.3 Å². The summed E-state index contributed by atoms with van der Waals surface area (Å²) < 4.78 is 0. The number of fused-ring (bicyclic) bond motifs is 6. The number of hydrogen-bond acceptors (Lipinski definition) is 4. The molecule has 1 amide bonds. The Balaban J connectivity index is 1.28. The third-order valence-electron chi connectivity index (χ3n) is 9.31. The lowest BCUT2D eigenvalue weighted by Crippen LogP contribution is -2.64. The number of aromatic nitrogens is 4. The summed E-state index contributed by atoms with van der Waals surface area (Å²) in [5.41, 5.74) is 7.04. The fraction of sp³-hybridized carbons (Fsp3) is 0.333. The van der Waals surface area contributed by atoms with E-state index in [4.69, 9.17) is 4.98 Å². The summed E-state index contributed by atoms with van der Waals surface area (Å²) in [5.74, 6) is 1.02. The van der Waals surface area contributed by atoms with Crippen molar-refractivity contribution in [2.24, 2.45) is 10.4 Å². The molecule has 2 aromatic carbocycles. The van der Waals surface area contributed by atoms with Crippen molar-refractivity contribution in [1.29, 1.82) is 0 Å². The van der Waals surface area contributed by atoms with Crippen LogP contribution in [0.3, 0.4) is 0 Å². The smallest absolute Gasteiger partial charge is 0.254 e. The number of rotatable bonds is 2. The van der Waals surface area contributed by atoms with Crippen molar-refractivity contribution in [3.05, 3.63) is 83.6 Å². The van der Waals surface area contributed by atoms with Gasteiger partial charge in [0.1, 0.15) is 5.82 Å². The summed E-state index contributed by atoms with van der Waals surface area (Å²) in [6.07, 6.45) is 13.2. The van der Waals surface area contributed by atoms with Gasteiger partial charge in [0.15, 0.2) is 0 Å². The van der Waals surface area contributed by atoms with E-state index in [1.165, 1.54) is 11.1 Å². The average Bonchev–Trinajstić information content (AvgIpc) is 3.43. The first-order valence-electron chi connectivity index (χ1n) is 13.0. The molecule has 0 saturated carbocycles. The van der Waals surface area contributed by atoms with Crippen LogP contribution < -0.4 is 0 Å². The zero-order valence-corrected chi connectivity index (χ0v) is 21.3. The fourth-order valence-corrected chi connectivity index (χ4v) is 6.71. The maximum absolute atomic E-state index is 13.8. The van der Waals surface area contributed by atoms with Crippen LogP contribution >= 0.6 is 0 Å². The molecule has 2 N–H and O–H groups in total. The van der Waals surface area contributed by atoms with Gasteiger partial charge in [-0.3, -0.25) is 9.79 Å². The second kappa shape index (κ2) is 7.75. The Hall–Kier alpha value is -4.00. The summed E-state index contributed by atoms with van der Waals surface area (Å²) in [4.78, 5) is 36.3. The standard InChI is InChI=1S/C30H30N6O/c1-29(2)26-14-20-13-24-25(35-27(34-24)19-6-4-5-10-31-16-19)15-21(20)30(29,3)9-11-36(26)28(37)18-7-8-22-23(12-18)33-17-32-22/h4-8,10,12-13,15-17,19,26H,9,11,14H2,1-3H3,(H,32,33)(H,34,35)/t19?,26-,30+/m1/s1. The number of amides is 1. The van der Waals surface area contributed by atoms with Gasteiger partial charge in [-0.15, -0.1) is 0 Å². The summed E-state index contributed by atoms with van der Waals surface area (Å²) in [6.45, 7) is 7.78. The minimum absolute atomic E-state index is 0.0195. The molecule has 4 aromatic rings. The maximum Gasteiger partial charge on any atom is 0.254 e.